The maximum Gasteiger partial charge on any atom is 0.330 e. The molecule has 266 valence electrons. The molecule has 4 aromatic rings. The Morgan fingerprint density at radius 3 is 2.36 bits per heavy atom. The quantitative estimate of drug-likeness (QED) is 0.0276. The summed E-state index contributed by atoms with van der Waals surface area (Å²) in [5.74, 6) is -0.127. The van der Waals surface area contributed by atoms with Gasteiger partial charge in [-0.25, -0.2) is 9.78 Å². The third kappa shape index (κ3) is 11.8. The molecule has 0 aliphatic heterocycles. The Bertz CT molecular complexity index is 1730. The van der Waals surface area contributed by atoms with Crippen LogP contribution >= 0.6 is 22.7 Å². The minimum atomic E-state index is -0.623. The Kier molecular flexibility index (Phi) is 15.5. The van der Waals surface area contributed by atoms with Crippen molar-refractivity contribution < 1.29 is 23.8 Å². The second-order valence-corrected chi connectivity index (χ2v) is 13.6. The van der Waals surface area contributed by atoms with Crippen LogP contribution in [0.5, 0.6) is 5.75 Å². The van der Waals surface area contributed by atoms with Crippen LogP contribution in [0.15, 0.2) is 81.6 Å². The van der Waals surface area contributed by atoms with Gasteiger partial charge in [-0.1, -0.05) is 57.4 Å². The van der Waals surface area contributed by atoms with Crippen molar-refractivity contribution in [2.45, 2.75) is 78.4 Å². The molecule has 0 spiro atoms. The Hall–Kier alpha value is -4.49. The van der Waals surface area contributed by atoms with Crippen LogP contribution in [0.25, 0.3) is 9.53 Å². The Balaban J connectivity index is 1.48. The van der Waals surface area contributed by atoms with Crippen molar-refractivity contribution in [2.24, 2.45) is 20.5 Å². The molecule has 0 radical (unpaired) electrons. The van der Waals surface area contributed by atoms with Gasteiger partial charge in [-0.3, -0.25) is 4.79 Å². The molecular formula is C37H46N6O5S2. The first-order valence-electron chi connectivity index (χ1n) is 17.0. The van der Waals surface area contributed by atoms with Gasteiger partial charge in [0.25, 0.3) is 0 Å². The summed E-state index contributed by atoms with van der Waals surface area (Å²) in [5.41, 5.74) is 3.47. The maximum absolute atomic E-state index is 12.0. The summed E-state index contributed by atoms with van der Waals surface area (Å²) in [4.78, 5) is 31.6. The number of thiophene rings is 1. The van der Waals surface area contributed by atoms with Crippen molar-refractivity contribution in [2.75, 3.05) is 31.6 Å². The fraction of sp³-hybridized carbons (Fsp3) is 0.432. The number of aryl methyl sites for hydroxylation is 1. The summed E-state index contributed by atoms with van der Waals surface area (Å²) < 4.78 is 18.0. The van der Waals surface area contributed by atoms with E-state index in [9.17, 15) is 9.59 Å². The van der Waals surface area contributed by atoms with Crippen LogP contribution in [-0.2, 0) is 25.5 Å². The molecule has 0 bridgehead atoms. The van der Waals surface area contributed by atoms with Gasteiger partial charge in [-0.05, 0) is 68.3 Å². The molecule has 0 fully saturated rings. The van der Waals surface area contributed by atoms with Crippen molar-refractivity contribution in [1.82, 2.24) is 4.98 Å². The molecule has 2 aromatic carbocycles. The molecule has 50 heavy (non-hydrogen) atoms. The number of benzene rings is 2. The monoisotopic (exact) mass is 718 g/mol. The van der Waals surface area contributed by atoms with E-state index in [1.807, 2.05) is 55.5 Å². The number of fused-ring (bicyclic) bond motifs is 1. The lowest BCUT2D eigenvalue weighted by molar-refractivity contribution is -0.164. The summed E-state index contributed by atoms with van der Waals surface area (Å²) in [6.45, 7) is 10.8. The first-order valence-corrected chi connectivity index (χ1v) is 18.7. The Morgan fingerprint density at radius 1 is 0.940 bits per heavy atom. The van der Waals surface area contributed by atoms with Gasteiger partial charge in [0.1, 0.15) is 22.2 Å². The van der Waals surface area contributed by atoms with Crippen molar-refractivity contribution in [3.63, 3.8) is 0 Å². The molecule has 0 aliphatic carbocycles. The Morgan fingerprint density at radius 2 is 1.66 bits per heavy atom. The summed E-state index contributed by atoms with van der Waals surface area (Å²) in [6, 6.07) is 15.1. The van der Waals surface area contributed by atoms with Crippen molar-refractivity contribution in [1.29, 1.82) is 0 Å². The number of aromatic nitrogens is 1. The van der Waals surface area contributed by atoms with Gasteiger partial charge in [0, 0.05) is 43.8 Å². The number of esters is 2. The number of azo groups is 2. The average molecular weight is 719 g/mol. The number of ether oxygens (including phenoxy) is 3. The largest absolute Gasteiger partial charge is 0.461 e. The van der Waals surface area contributed by atoms with E-state index in [4.69, 9.17) is 19.2 Å². The maximum atomic E-state index is 12.0. The van der Waals surface area contributed by atoms with Crippen molar-refractivity contribution in [3.8, 4) is 5.75 Å². The second-order valence-electron chi connectivity index (χ2n) is 11.5. The number of hydrogen-bond acceptors (Lipinski definition) is 13. The smallest absolute Gasteiger partial charge is 0.330 e. The van der Waals surface area contributed by atoms with E-state index in [2.05, 4.69) is 38.9 Å². The van der Waals surface area contributed by atoms with E-state index < -0.39 is 12.3 Å². The third-order valence-corrected chi connectivity index (χ3v) is 9.89. The SMILES string of the molecule is C=CC(=O)OCCN(CCc1c(/N=N/c2ccc(OC(CCCCCCC)OC(=O)CC)cc2)sc2nc(C)sc12)c1ccc(/N=N/C)cc1. The lowest BCUT2D eigenvalue weighted by Gasteiger charge is -2.24. The van der Waals surface area contributed by atoms with E-state index in [-0.39, 0.29) is 12.6 Å². The van der Waals surface area contributed by atoms with E-state index in [1.165, 1.54) is 24.2 Å². The molecule has 2 heterocycles. The molecule has 0 N–H and O–H groups in total. The molecular weight excluding hydrogens is 673 g/mol. The van der Waals surface area contributed by atoms with E-state index in [0.29, 0.717) is 43.8 Å². The first kappa shape index (κ1) is 38.3. The number of hydrogen-bond donors (Lipinski definition) is 0. The standard InChI is InChI=1S/C37H46N6O5S2/c1-6-9-10-11-12-13-34(48-33(45)8-3)47-30-20-16-28(17-21-30)41-42-36-31(35-37(50-36)39-26(4)49-35)22-23-43(24-25-46-32(44)7-2)29-18-14-27(15-19-29)40-38-5/h7,14-21,34H,2,6,8-13,22-25H2,1,3-5H3/b40-38+,42-41+. The lowest BCUT2D eigenvalue weighted by atomic mass is 10.1. The highest BCUT2D eigenvalue weighted by atomic mass is 32.1. The number of nitrogens with zero attached hydrogens (tertiary/aromatic N) is 6. The third-order valence-electron chi connectivity index (χ3n) is 7.72. The van der Waals surface area contributed by atoms with Crippen LogP contribution in [0, 0.1) is 6.92 Å². The van der Waals surface area contributed by atoms with E-state index in [1.54, 1.807) is 25.3 Å². The minimum Gasteiger partial charge on any atom is -0.461 e. The van der Waals surface area contributed by atoms with Crippen molar-refractivity contribution in [3.05, 3.63) is 71.8 Å². The van der Waals surface area contributed by atoms with Gasteiger partial charge < -0.3 is 19.1 Å². The lowest BCUT2D eigenvalue weighted by Crippen LogP contribution is -2.30. The molecule has 1 atom stereocenters. The number of rotatable bonds is 21. The first-order chi connectivity index (χ1) is 24.3. The fourth-order valence-electron chi connectivity index (χ4n) is 5.13. The molecule has 0 saturated carbocycles. The van der Waals surface area contributed by atoms with Gasteiger partial charge >= 0.3 is 11.9 Å². The van der Waals surface area contributed by atoms with Gasteiger partial charge in [0.05, 0.1) is 27.6 Å². The zero-order valence-electron chi connectivity index (χ0n) is 29.3. The zero-order chi connectivity index (χ0) is 35.7. The topological polar surface area (TPSA) is 127 Å². The molecule has 13 heteroatoms. The number of anilines is 1. The minimum absolute atomic E-state index is 0.215. The van der Waals surface area contributed by atoms with Gasteiger partial charge in [-0.15, -0.1) is 21.6 Å². The van der Waals surface area contributed by atoms with Gasteiger partial charge in [-0.2, -0.15) is 10.2 Å². The van der Waals surface area contributed by atoms with Crippen LogP contribution in [0.1, 0.15) is 69.4 Å². The fourth-order valence-corrected chi connectivity index (χ4v) is 7.38. The zero-order valence-corrected chi connectivity index (χ0v) is 30.9. The highest BCUT2D eigenvalue weighted by molar-refractivity contribution is 7.29. The van der Waals surface area contributed by atoms with Crippen LogP contribution in [-0.4, -0.2) is 50.0 Å². The van der Waals surface area contributed by atoms with E-state index in [0.717, 1.165) is 61.8 Å². The second kappa shape index (κ2) is 20.2. The summed E-state index contributed by atoms with van der Waals surface area (Å²) >= 11 is 3.17. The summed E-state index contributed by atoms with van der Waals surface area (Å²) in [7, 11) is 1.64. The normalized spacial score (nSPS) is 12.1. The number of unbranched alkanes of at least 4 members (excludes halogenated alkanes) is 4. The molecule has 1 unspecified atom stereocenters. The summed E-state index contributed by atoms with van der Waals surface area (Å²) in [6.07, 6.45) is 7.72. The molecule has 2 aromatic heterocycles. The summed E-state index contributed by atoms with van der Waals surface area (Å²) in [5, 5.41) is 19.0. The van der Waals surface area contributed by atoms with Crippen LogP contribution < -0.4 is 9.64 Å². The molecule has 4 rings (SSSR count). The number of carbonyl (C=O) groups excluding carboxylic acids is 2. The highest BCUT2D eigenvalue weighted by Gasteiger charge is 2.19. The predicted molar refractivity (Wildman–Crippen MR) is 201 cm³/mol. The van der Waals surface area contributed by atoms with Crippen molar-refractivity contribution >= 4 is 66.2 Å². The highest BCUT2D eigenvalue weighted by Crippen LogP contribution is 2.42. The Labute approximate surface area is 302 Å². The molecule has 11 nitrogen and oxygen atoms in total. The van der Waals surface area contributed by atoms with Crippen LogP contribution in [0.2, 0.25) is 0 Å². The average Bonchev–Trinajstić information content (AvgIpc) is 3.64. The number of carbonyl (C=O) groups is 2. The molecule has 0 aliphatic rings. The van der Waals surface area contributed by atoms with Gasteiger partial charge in [0.2, 0.25) is 6.29 Å². The van der Waals surface area contributed by atoms with Gasteiger partial charge in [0.15, 0.2) is 0 Å². The molecule has 0 amide bonds. The molecule has 0 saturated heterocycles. The van der Waals surface area contributed by atoms with E-state index >= 15 is 0 Å². The van der Waals surface area contributed by atoms with Crippen LogP contribution in [0.3, 0.4) is 0 Å². The number of thiazole rings is 1. The van der Waals surface area contributed by atoms with Crippen LogP contribution in [0.4, 0.5) is 22.1 Å². The predicted octanol–water partition coefficient (Wildman–Crippen LogP) is 10.6.